The van der Waals surface area contributed by atoms with Crippen molar-refractivity contribution in [3.63, 3.8) is 0 Å². The summed E-state index contributed by atoms with van der Waals surface area (Å²) in [5, 5.41) is 10.3. The highest BCUT2D eigenvalue weighted by Crippen LogP contribution is 2.31. The largest absolute Gasteiger partial charge is 0.388 e. The summed E-state index contributed by atoms with van der Waals surface area (Å²) in [6.45, 7) is 12.4. The number of hydrogen-bond acceptors (Lipinski definition) is 3. The van der Waals surface area contributed by atoms with E-state index in [0.717, 1.165) is 30.8 Å². The van der Waals surface area contributed by atoms with Crippen LogP contribution in [-0.2, 0) is 0 Å². The van der Waals surface area contributed by atoms with Gasteiger partial charge >= 0.3 is 0 Å². The Morgan fingerprint density at radius 2 is 1.68 bits per heavy atom. The fraction of sp³-hybridized carbons (Fsp3) is 0.684. The smallest absolute Gasteiger partial charge is 0.0808 e. The third-order valence-corrected chi connectivity index (χ3v) is 3.93. The topological polar surface area (TPSA) is 26.7 Å². The molecule has 0 heterocycles. The minimum Gasteiger partial charge on any atom is -0.388 e. The van der Waals surface area contributed by atoms with Gasteiger partial charge in [-0.3, -0.25) is 0 Å². The van der Waals surface area contributed by atoms with Crippen molar-refractivity contribution >= 4 is 11.4 Å². The monoisotopic (exact) mass is 308 g/mol. The molecule has 0 saturated heterocycles. The summed E-state index contributed by atoms with van der Waals surface area (Å²) in [4.78, 5) is 4.45. The van der Waals surface area contributed by atoms with Gasteiger partial charge in [0, 0.05) is 44.1 Å². The average Bonchev–Trinajstić information content (AvgIpc) is 2.59. The molecule has 0 saturated carbocycles. The van der Waals surface area contributed by atoms with Gasteiger partial charge in [-0.05, 0) is 38.0 Å². The molecule has 1 aromatic carbocycles. The number of unbranched alkanes of at least 4 members (excludes halogenated alkanes) is 1. The van der Waals surface area contributed by atoms with Gasteiger partial charge in [0.2, 0.25) is 0 Å². The van der Waals surface area contributed by atoms with Gasteiger partial charge in [-0.1, -0.05) is 34.1 Å². The van der Waals surface area contributed by atoms with Crippen molar-refractivity contribution in [3.8, 4) is 0 Å². The molecule has 1 unspecified atom stereocenters. The maximum absolute atomic E-state index is 10.3. The van der Waals surface area contributed by atoms with E-state index in [1.54, 1.807) is 0 Å². The lowest BCUT2D eigenvalue weighted by Crippen LogP contribution is -2.21. The molecule has 128 valence electrons. The lowest BCUT2D eigenvalue weighted by molar-refractivity contribution is 0.174. The van der Waals surface area contributed by atoms with Crippen LogP contribution in [0.4, 0.5) is 11.4 Å². The maximum atomic E-state index is 10.3. The Morgan fingerprint density at radius 1 is 1.05 bits per heavy atom. The van der Waals surface area contributed by atoms with Gasteiger partial charge in [-0.15, -0.1) is 0 Å². The second kappa shape index (κ2) is 11.4. The SMILES string of the molecule is CC.CCCCN(C)c1ccc(N(C)CC)c(C(O)CC)c1. The van der Waals surface area contributed by atoms with E-state index in [1.807, 2.05) is 20.8 Å². The molecule has 0 aromatic heterocycles. The van der Waals surface area contributed by atoms with Crippen molar-refractivity contribution in [3.05, 3.63) is 23.8 Å². The molecule has 0 aliphatic rings. The number of rotatable bonds is 8. The van der Waals surface area contributed by atoms with Gasteiger partial charge in [0.1, 0.15) is 0 Å². The minimum atomic E-state index is -0.390. The Kier molecular flexibility index (Phi) is 10.7. The van der Waals surface area contributed by atoms with Crippen LogP contribution in [0.2, 0.25) is 0 Å². The number of aliphatic hydroxyl groups is 1. The highest BCUT2D eigenvalue weighted by Gasteiger charge is 2.15. The van der Waals surface area contributed by atoms with E-state index in [1.165, 1.54) is 18.5 Å². The van der Waals surface area contributed by atoms with Crippen LogP contribution in [0, 0.1) is 0 Å². The van der Waals surface area contributed by atoms with Crippen LogP contribution < -0.4 is 9.80 Å². The molecule has 0 amide bonds. The summed E-state index contributed by atoms with van der Waals surface area (Å²) >= 11 is 0. The predicted octanol–water partition coefficient (Wildman–Crippen LogP) is 4.85. The van der Waals surface area contributed by atoms with Gasteiger partial charge < -0.3 is 14.9 Å². The first-order valence-corrected chi connectivity index (χ1v) is 8.79. The number of aliphatic hydroxyl groups excluding tert-OH is 1. The molecular formula is C19H36N2O. The van der Waals surface area contributed by atoms with E-state index in [9.17, 15) is 5.11 Å². The van der Waals surface area contributed by atoms with Gasteiger partial charge in [0.05, 0.1) is 6.10 Å². The Morgan fingerprint density at radius 3 is 2.18 bits per heavy atom. The summed E-state index contributed by atoms with van der Waals surface area (Å²) < 4.78 is 0. The number of nitrogens with zero attached hydrogens (tertiary/aromatic N) is 2. The highest BCUT2D eigenvalue weighted by molar-refractivity contribution is 5.62. The second-order valence-corrected chi connectivity index (χ2v) is 5.46. The van der Waals surface area contributed by atoms with Crippen molar-refractivity contribution in [2.24, 2.45) is 0 Å². The summed E-state index contributed by atoms with van der Waals surface area (Å²) in [6.07, 6.45) is 2.75. The molecule has 0 spiro atoms. The van der Waals surface area contributed by atoms with Crippen LogP contribution in [0.5, 0.6) is 0 Å². The Balaban J connectivity index is 0.00000211. The van der Waals surface area contributed by atoms with Crippen LogP contribution in [-0.4, -0.2) is 32.3 Å². The Bertz CT molecular complexity index is 406. The van der Waals surface area contributed by atoms with Gasteiger partial charge in [0.25, 0.3) is 0 Å². The lowest BCUT2D eigenvalue weighted by Gasteiger charge is -2.26. The van der Waals surface area contributed by atoms with Crippen molar-refractivity contribution in [1.29, 1.82) is 0 Å². The lowest BCUT2D eigenvalue weighted by atomic mass is 10.0. The second-order valence-electron chi connectivity index (χ2n) is 5.46. The Hall–Kier alpha value is -1.22. The average molecular weight is 309 g/mol. The van der Waals surface area contributed by atoms with E-state index >= 15 is 0 Å². The number of benzene rings is 1. The summed E-state index contributed by atoms with van der Waals surface area (Å²) in [5.41, 5.74) is 3.36. The molecule has 1 atom stereocenters. The van der Waals surface area contributed by atoms with Crippen LogP contribution >= 0.6 is 0 Å². The van der Waals surface area contributed by atoms with Crippen LogP contribution in [0.25, 0.3) is 0 Å². The Labute approximate surface area is 137 Å². The molecule has 0 aliphatic carbocycles. The van der Waals surface area contributed by atoms with E-state index in [4.69, 9.17) is 0 Å². The number of anilines is 2. The van der Waals surface area contributed by atoms with Crippen molar-refractivity contribution in [2.75, 3.05) is 37.0 Å². The maximum Gasteiger partial charge on any atom is 0.0808 e. The quantitative estimate of drug-likeness (QED) is 0.743. The fourth-order valence-electron chi connectivity index (χ4n) is 2.31. The zero-order valence-electron chi connectivity index (χ0n) is 15.7. The molecule has 1 rings (SSSR count). The van der Waals surface area contributed by atoms with Crippen molar-refractivity contribution in [1.82, 2.24) is 0 Å². The van der Waals surface area contributed by atoms with Crippen LogP contribution in [0.3, 0.4) is 0 Å². The molecule has 1 N–H and O–H groups in total. The van der Waals surface area contributed by atoms with Crippen LogP contribution in [0.1, 0.15) is 65.5 Å². The predicted molar refractivity (Wildman–Crippen MR) is 100 cm³/mol. The number of hydrogen-bond donors (Lipinski definition) is 1. The summed E-state index contributed by atoms with van der Waals surface area (Å²) in [5.74, 6) is 0. The molecule has 0 fully saturated rings. The van der Waals surface area contributed by atoms with E-state index in [0.29, 0.717) is 0 Å². The molecule has 22 heavy (non-hydrogen) atoms. The zero-order chi connectivity index (χ0) is 17.1. The summed E-state index contributed by atoms with van der Waals surface area (Å²) in [7, 11) is 4.19. The highest BCUT2D eigenvalue weighted by atomic mass is 16.3. The first-order valence-electron chi connectivity index (χ1n) is 8.79. The van der Waals surface area contributed by atoms with Crippen molar-refractivity contribution < 1.29 is 5.11 Å². The van der Waals surface area contributed by atoms with E-state index in [-0.39, 0.29) is 0 Å². The first kappa shape index (κ1) is 20.8. The first-order chi connectivity index (χ1) is 10.5. The molecule has 3 nitrogen and oxygen atoms in total. The zero-order valence-corrected chi connectivity index (χ0v) is 15.7. The molecule has 3 heteroatoms. The molecule has 0 bridgehead atoms. The minimum absolute atomic E-state index is 0.390. The standard InChI is InChI=1S/C17H30N2O.C2H6/c1-6-9-12-19(5)14-10-11-16(18(4)8-3)15(13-14)17(20)7-2;1-2/h10-11,13,17,20H,6-9,12H2,1-5H3;1-2H3. The van der Waals surface area contributed by atoms with Gasteiger partial charge in [-0.25, -0.2) is 0 Å². The molecular weight excluding hydrogens is 272 g/mol. The fourth-order valence-corrected chi connectivity index (χ4v) is 2.31. The third kappa shape index (κ3) is 5.88. The molecule has 0 aliphatic heterocycles. The normalized spacial score (nSPS) is 11.5. The third-order valence-electron chi connectivity index (χ3n) is 3.93. The van der Waals surface area contributed by atoms with Gasteiger partial charge in [-0.2, -0.15) is 0 Å². The van der Waals surface area contributed by atoms with E-state index in [2.05, 4.69) is 55.9 Å². The van der Waals surface area contributed by atoms with E-state index < -0.39 is 6.10 Å². The summed E-state index contributed by atoms with van der Waals surface area (Å²) in [6, 6.07) is 6.43. The van der Waals surface area contributed by atoms with Crippen LogP contribution in [0.15, 0.2) is 18.2 Å². The van der Waals surface area contributed by atoms with Crippen molar-refractivity contribution in [2.45, 2.75) is 60.0 Å². The molecule has 0 radical (unpaired) electrons. The van der Waals surface area contributed by atoms with Gasteiger partial charge in [0.15, 0.2) is 0 Å². The molecule has 1 aromatic rings.